The lowest BCUT2D eigenvalue weighted by Gasteiger charge is -2.16. The topological polar surface area (TPSA) is 36.1 Å². The zero-order valence-corrected chi connectivity index (χ0v) is 13.4. The molecular formula is C14H14Cl2N2OS. The minimum Gasteiger partial charge on any atom is -0.340 e. The van der Waals surface area contributed by atoms with Gasteiger partial charge in [-0.2, -0.15) is 0 Å². The van der Waals surface area contributed by atoms with E-state index in [9.17, 15) is 4.79 Å². The van der Waals surface area contributed by atoms with Gasteiger partial charge in [-0.1, -0.05) is 35.3 Å². The molecule has 6 heteroatoms. The summed E-state index contributed by atoms with van der Waals surface area (Å²) >= 11 is 13.3. The highest BCUT2D eigenvalue weighted by atomic mass is 35.5. The minimum atomic E-state index is -0.146. The summed E-state index contributed by atoms with van der Waals surface area (Å²) in [6.45, 7) is 0.530. The quantitative estimate of drug-likeness (QED) is 0.848. The Balaban J connectivity index is 2.06. The first-order valence-electron chi connectivity index (χ1n) is 5.93. The number of hydrogen-bond donors (Lipinski definition) is 1. The molecular weight excluding hydrogens is 315 g/mol. The molecule has 0 radical (unpaired) electrons. The fraction of sp³-hybridized carbons (Fsp3) is 0.214. The zero-order chi connectivity index (χ0) is 14.7. The Labute approximate surface area is 132 Å². The van der Waals surface area contributed by atoms with Crippen LogP contribution >= 0.6 is 35.0 Å². The Bertz CT molecular complexity index is 591. The fourth-order valence-corrected chi connectivity index (χ4v) is 2.52. The van der Waals surface area contributed by atoms with E-state index in [0.29, 0.717) is 17.3 Å². The third-order valence-corrected chi connectivity index (χ3v) is 4.32. The third-order valence-electron chi connectivity index (χ3n) is 2.88. The van der Waals surface area contributed by atoms with Gasteiger partial charge in [-0.3, -0.25) is 4.79 Å². The van der Waals surface area contributed by atoms with Gasteiger partial charge in [-0.05, 0) is 30.0 Å². The van der Waals surface area contributed by atoms with Crippen molar-refractivity contribution < 1.29 is 4.79 Å². The molecule has 0 bridgehead atoms. The molecule has 0 aliphatic carbocycles. The highest BCUT2D eigenvalue weighted by molar-refractivity contribution is 7.98. The van der Waals surface area contributed by atoms with Crippen LogP contribution in [0.1, 0.15) is 16.1 Å². The standard InChI is InChI=1S/C14H14Cl2N2OS/c1-18(8-9-3-5-10(20-2)6-4-9)14(19)12-7-11(15)13(16)17-12/h3-7,17H,8H2,1-2H3. The van der Waals surface area contributed by atoms with Crippen LogP contribution in [0, 0.1) is 0 Å². The van der Waals surface area contributed by atoms with Crippen LogP contribution in [0.4, 0.5) is 0 Å². The van der Waals surface area contributed by atoms with E-state index in [0.717, 1.165) is 5.56 Å². The Morgan fingerprint density at radius 1 is 1.30 bits per heavy atom. The van der Waals surface area contributed by atoms with Crippen LogP contribution in [-0.2, 0) is 6.54 Å². The van der Waals surface area contributed by atoms with Crippen molar-refractivity contribution >= 4 is 40.9 Å². The number of H-pyrrole nitrogens is 1. The van der Waals surface area contributed by atoms with Crippen LogP contribution in [0.2, 0.25) is 10.2 Å². The van der Waals surface area contributed by atoms with E-state index in [1.807, 2.05) is 30.5 Å². The Hall–Kier alpha value is -1.10. The lowest BCUT2D eigenvalue weighted by Crippen LogP contribution is -2.26. The number of nitrogens with zero attached hydrogens (tertiary/aromatic N) is 1. The Morgan fingerprint density at radius 2 is 1.95 bits per heavy atom. The van der Waals surface area contributed by atoms with Gasteiger partial charge in [-0.25, -0.2) is 0 Å². The van der Waals surface area contributed by atoms with Crippen LogP contribution in [0.25, 0.3) is 0 Å². The molecule has 20 heavy (non-hydrogen) atoms. The summed E-state index contributed by atoms with van der Waals surface area (Å²) < 4.78 is 0. The molecule has 0 aliphatic heterocycles. The smallest absolute Gasteiger partial charge is 0.270 e. The van der Waals surface area contributed by atoms with Gasteiger partial charge in [0.2, 0.25) is 0 Å². The van der Waals surface area contributed by atoms with Crippen molar-refractivity contribution in [3.05, 3.63) is 51.8 Å². The molecule has 3 nitrogen and oxygen atoms in total. The molecule has 2 rings (SSSR count). The number of rotatable bonds is 4. The van der Waals surface area contributed by atoms with Crippen molar-refractivity contribution in [3.8, 4) is 0 Å². The second kappa shape index (κ2) is 6.57. The van der Waals surface area contributed by atoms with Gasteiger partial charge >= 0.3 is 0 Å². The van der Waals surface area contributed by atoms with Crippen molar-refractivity contribution in [2.24, 2.45) is 0 Å². The van der Waals surface area contributed by atoms with Gasteiger partial charge in [0.1, 0.15) is 10.8 Å². The summed E-state index contributed by atoms with van der Waals surface area (Å²) in [5.41, 5.74) is 1.46. The van der Waals surface area contributed by atoms with E-state index in [-0.39, 0.29) is 11.1 Å². The number of aromatic nitrogens is 1. The average Bonchev–Trinajstić information content (AvgIpc) is 2.78. The second-order valence-electron chi connectivity index (χ2n) is 4.35. The van der Waals surface area contributed by atoms with Crippen LogP contribution in [0.3, 0.4) is 0 Å². The van der Waals surface area contributed by atoms with Crippen molar-refractivity contribution in [2.45, 2.75) is 11.4 Å². The first-order valence-corrected chi connectivity index (χ1v) is 7.91. The van der Waals surface area contributed by atoms with E-state index in [2.05, 4.69) is 4.98 Å². The van der Waals surface area contributed by atoms with Crippen LogP contribution in [0.5, 0.6) is 0 Å². The number of thioether (sulfide) groups is 1. The first kappa shape index (κ1) is 15.3. The van der Waals surface area contributed by atoms with Gasteiger partial charge in [0.15, 0.2) is 0 Å². The number of nitrogens with one attached hydrogen (secondary N) is 1. The lowest BCUT2D eigenvalue weighted by atomic mass is 10.2. The van der Waals surface area contributed by atoms with Gasteiger partial charge < -0.3 is 9.88 Å². The van der Waals surface area contributed by atoms with E-state index in [1.165, 1.54) is 4.90 Å². The normalized spacial score (nSPS) is 10.6. The molecule has 0 spiro atoms. The number of amides is 1. The summed E-state index contributed by atoms with van der Waals surface area (Å²) in [4.78, 5) is 17.8. The molecule has 106 valence electrons. The van der Waals surface area contributed by atoms with E-state index < -0.39 is 0 Å². The highest BCUT2D eigenvalue weighted by Gasteiger charge is 2.16. The monoisotopic (exact) mass is 328 g/mol. The number of aromatic amines is 1. The molecule has 0 fully saturated rings. The third kappa shape index (κ3) is 3.51. The predicted octanol–water partition coefficient (Wildman–Crippen LogP) is 4.32. The summed E-state index contributed by atoms with van der Waals surface area (Å²) in [5, 5.41) is 0.639. The maximum Gasteiger partial charge on any atom is 0.270 e. The molecule has 1 aromatic carbocycles. The number of carbonyl (C=O) groups excluding carboxylic acids is 1. The van der Waals surface area contributed by atoms with Gasteiger partial charge in [0.25, 0.3) is 5.91 Å². The Kier molecular flexibility index (Phi) is 5.02. The average molecular weight is 329 g/mol. The van der Waals surface area contributed by atoms with Crippen LogP contribution in [-0.4, -0.2) is 29.1 Å². The van der Waals surface area contributed by atoms with Crippen LogP contribution in [0.15, 0.2) is 35.2 Å². The molecule has 2 aromatic rings. The minimum absolute atomic E-state index is 0.146. The van der Waals surface area contributed by atoms with Gasteiger partial charge in [0.05, 0.1) is 5.02 Å². The number of benzene rings is 1. The molecule has 1 aromatic heterocycles. The molecule has 1 N–H and O–H groups in total. The summed E-state index contributed by atoms with van der Waals surface area (Å²) in [6.07, 6.45) is 2.03. The van der Waals surface area contributed by atoms with Crippen molar-refractivity contribution in [1.82, 2.24) is 9.88 Å². The number of carbonyl (C=O) groups is 1. The molecule has 0 aliphatic rings. The molecule has 0 unspecified atom stereocenters. The highest BCUT2D eigenvalue weighted by Crippen LogP contribution is 2.23. The van der Waals surface area contributed by atoms with Gasteiger partial charge in [-0.15, -0.1) is 11.8 Å². The number of hydrogen-bond acceptors (Lipinski definition) is 2. The van der Waals surface area contributed by atoms with E-state index >= 15 is 0 Å². The summed E-state index contributed by atoms with van der Waals surface area (Å²) in [6, 6.07) is 9.66. The Morgan fingerprint density at radius 3 is 2.45 bits per heavy atom. The summed E-state index contributed by atoms with van der Waals surface area (Å²) in [5.74, 6) is -0.146. The molecule has 0 saturated heterocycles. The largest absolute Gasteiger partial charge is 0.340 e. The summed E-state index contributed by atoms with van der Waals surface area (Å²) in [7, 11) is 1.74. The van der Waals surface area contributed by atoms with Crippen molar-refractivity contribution in [1.29, 1.82) is 0 Å². The van der Waals surface area contributed by atoms with Crippen molar-refractivity contribution in [2.75, 3.05) is 13.3 Å². The first-order chi connectivity index (χ1) is 9.51. The lowest BCUT2D eigenvalue weighted by molar-refractivity contribution is 0.0780. The van der Waals surface area contributed by atoms with E-state index in [1.54, 1.807) is 29.8 Å². The van der Waals surface area contributed by atoms with Gasteiger partial charge in [0, 0.05) is 18.5 Å². The van der Waals surface area contributed by atoms with E-state index in [4.69, 9.17) is 23.2 Å². The fourth-order valence-electron chi connectivity index (χ4n) is 1.80. The molecule has 0 atom stereocenters. The molecule has 0 saturated carbocycles. The SMILES string of the molecule is CSc1ccc(CN(C)C(=O)c2cc(Cl)c(Cl)[nH]2)cc1. The zero-order valence-electron chi connectivity index (χ0n) is 11.1. The van der Waals surface area contributed by atoms with Crippen molar-refractivity contribution in [3.63, 3.8) is 0 Å². The van der Waals surface area contributed by atoms with Crippen LogP contribution < -0.4 is 0 Å². The maximum atomic E-state index is 12.2. The number of halogens is 2. The maximum absolute atomic E-state index is 12.2. The molecule has 1 amide bonds. The predicted molar refractivity (Wildman–Crippen MR) is 84.8 cm³/mol. The second-order valence-corrected chi connectivity index (χ2v) is 6.02. The molecule has 1 heterocycles.